The van der Waals surface area contributed by atoms with Gasteiger partial charge in [-0.25, -0.2) is 8.78 Å². The van der Waals surface area contributed by atoms with Gasteiger partial charge in [-0.1, -0.05) is 12.8 Å². The SMILES string of the molecule is N[C@@H]1CCCC[C@H]1NC(=O)C1CCC(F)(F)CC1. The predicted octanol–water partition coefficient (Wildman–Crippen LogP) is 2.20. The van der Waals surface area contributed by atoms with Gasteiger partial charge in [0.05, 0.1) is 0 Å². The Balaban J connectivity index is 1.81. The van der Waals surface area contributed by atoms with E-state index in [0.717, 1.165) is 25.7 Å². The molecule has 0 aromatic rings. The molecule has 0 saturated heterocycles. The van der Waals surface area contributed by atoms with Crippen molar-refractivity contribution < 1.29 is 13.6 Å². The highest BCUT2D eigenvalue weighted by atomic mass is 19.3. The van der Waals surface area contributed by atoms with E-state index in [1.807, 2.05) is 0 Å². The van der Waals surface area contributed by atoms with Crippen molar-refractivity contribution in [1.29, 1.82) is 0 Å². The number of halogens is 2. The van der Waals surface area contributed by atoms with E-state index in [1.54, 1.807) is 0 Å². The fraction of sp³-hybridized carbons (Fsp3) is 0.923. The minimum atomic E-state index is -2.57. The van der Waals surface area contributed by atoms with Gasteiger partial charge in [-0.3, -0.25) is 4.79 Å². The van der Waals surface area contributed by atoms with E-state index in [0.29, 0.717) is 12.8 Å². The van der Waals surface area contributed by atoms with Crippen molar-refractivity contribution >= 4 is 5.91 Å². The molecule has 0 spiro atoms. The lowest BCUT2D eigenvalue weighted by Gasteiger charge is -2.32. The molecule has 5 heteroatoms. The van der Waals surface area contributed by atoms with E-state index in [1.165, 1.54) is 0 Å². The van der Waals surface area contributed by atoms with Crippen LogP contribution in [0.1, 0.15) is 51.4 Å². The Morgan fingerprint density at radius 2 is 1.72 bits per heavy atom. The highest BCUT2D eigenvalue weighted by Gasteiger charge is 2.38. The Kier molecular flexibility index (Phi) is 4.20. The largest absolute Gasteiger partial charge is 0.352 e. The number of carbonyl (C=O) groups is 1. The van der Waals surface area contributed by atoms with Gasteiger partial charge in [0.1, 0.15) is 0 Å². The summed E-state index contributed by atoms with van der Waals surface area (Å²) >= 11 is 0. The quantitative estimate of drug-likeness (QED) is 0.799. The Hall–Kier alpha value is -0.710. The van der Waals surface area contributed by atoms with E-state index >= 15 is 0 Å². The third-order valence-electron chi connectivity index (χ3n) is 4.23. The van der Waals surface area contributed by atoms with Gasteiger partial charge in [-0.05, 0) is 25.7 Å². The van der Waals surface area contributed by atoms with Crippen molar-refractivity contribution in [3.8, 4) is 0 Å². The van der Waals surface area contributed by atoms with Crippen molar-refractivity contribution in [1.82, 2.24) is 5.32 Å². The van der Waals surface area contributed by atoms with Crippen LogP contribution in [-0.2, 0) is 4.79 Å². The highest BCUT2D eigenvalue weighted by Crippen LogP contribution is 2.36. The first kappa shape index (κ1) is 13.7. The zero-order valence-corrected chi connectivity index (χ0v) is 10.6. The van der Waals surface area contributed by atoms with Crippen molar-refractivity contribution in [2.24, 2.45) is 11.7 Å². The summed E-state index contributed by atoms with van der Waals surface area (Å²) in [5.74, 6) is -2.90. The molecule has 2 saturated carbocycles. The van der Waals surface area contributed by atoms with E-state index in [4.69, 9.17) is 5.73 Å². The molecule has 0 radical (unpaired) electrons. The van der Waals surface area contributed by atoms with Crippen LogP contribution in [0.3, 0.4) is 0 Å². The van der Waals surface area contributed by atoms with E-state index < -0.39 is 5.92 Å². The molecule has 104 valence electrons. The van der Waals surface area contributed by atoms with Crippen molar-refractivity contribution in [3.63, 3.8) is 0 Å². The average Bonchev–Trinajstić information content (AvgIpc) is 2.32. The van der Waals surface area contributed by atoms with Gasteiger partial charge in [-0.2, -0.15) is 0 Å². The van der Waals surface area contributed by atoms with Crippen LogP contribution in [0.5, 0.6) is 0 Å². The molecule has 0 aromatic carbocycles. The number of amides is 1. The van der Waals surface area contributed by atoms with Crippen molar-refractivity contribution in [3.05, 3.63) is 0 Å². The van der Waals surface area contributed by atoms with Gasteiger partial charge in [0.2, 0.25) is 11.8 Å². The third kappa shape index (κ3) is 3.40. The van der Waals surface area contributed by atoms with Crippen molar-refractivity contribution in [2.45, 2.75) is 69.4 Å². The van der Waals surface area contributed by atoms with Gasteiger partial charge < -0.3 is 11.1 Å². The lowest BCUT2D eigenvalue weighted by Crippen LogP contribution is -2.51. The number of hydrogen-bond donors (Lipinski definition) is 2. The number of carbonyl (C=O) groups excluding carboxylic acids is 1. The lowest BCUT2D eigenvalue weighted by atomic mass is 9.85. The summed E-state index contributed by atoms with van der Waals surface area (Å²) in [4.78, 5) is 12.0. The van der Waals surface area contributed by atoms with Crippen LogP contribution in [0.2, 0.25) is 0 Å². The zero-order chi connectivity index (χ0) is 13.2. The van der Waals surface area contributed by atoms with Gasteiger partial charge >= 0.3 is 0 Å². The Morgan fingerprint density at radius 1 is 1.11 bits per heavy atom. The summed E-state index contributed by atoms with van der Waals surface area (Å²) in [6.45, 7) is 0. The Bertz CT molecular complexity index is 299. The van der Waals surface area contributed by atoms with E-state index in [2.05, 4.69) is 5.32 Å². The number of nitrogens with two attached hydrogens (primary N) is 1. The van der Waals surface area contributed by atoms with Crippen LogP contribution in [0.4, 0.5) is 8.78 Å². The summed E-state index contributed by atoms with van der Waals surface area (Å²) in [6.07, 6.45) is 4.30. The maximum Gasteiger partial charge on any atom is 0.248 e. The maximum atomic E-state index is 13.0. The third-order valence-corrected chi connectivity index (χ3v) is 4.23. The molecule has 0 aromatic heterocycles. The molecule has 2 fully saturated rings. The Morgan fingerprint density at radius 3 is 2.33 bits per heavy atom. The molecule has 0 unspecified atom stereocenters. The topological polar surface area (TPSA) is 55.1 Å². The standard InChI is InChI=1S/C13H22F2N2O/c14-13(15)7-5-9(6-8-13)12(18)17-11-4-2-1-3-10(11)16/h9-11H,1-8,16H2,(H,17,18)/t10-,11-/m1/s1. The van der Waals surface area contributed by atoms with Crippen LogP contribution < -0.4 is 11.1 Å². The molecule has 1 amide bonds. The molecule has 0 aliphatic heterocycles. The summed E-state index contributed by atoms with van der Waals surface area (Å²) in [6, 6.07) is 0.0569. The molecule has 3 N–H and O–H groups in total. The van der Waals surface area contributed by atoms with Crippen LogP contribution >= 0.6 is 0 Å². The van der Waals surface area contributed by atoms with E-state index in [-0.39, 0.29) is 36.8 Å². The number of hydrogen-bond acceptors (Lipinski definition) is 2. The molecular weight excluding hydrogens is 238 g/mol. The fourth-order valence-electron chi connectivity index (χ4n) is 2.94. The summed E-state index contributed by atoms with van der Waals surface area (Å²) in [5.41, 5.74) is 5.97. The first-order valence-corrected chi connectivity index (χ1v) is 6.92. The van der Waals surface area contributed by atoms with Crippen LogP contribution in [0, 0.1) is 5.92 Å². The lowest BCUT2D eigenvalue weighted by molar-refractivity contribution is -0.130. The molecule has 2 rings (SSSR count). The van der Waals surface area contributed by atoms with Gasteiger partial charge in [0.15, 0.2) is 0 Å². The van der Waals surface area contributed by atoms with Gasteiger partial charge in [-0.15, -0.1) is 0 Å². The second-order valence-corrected chi connectivity index (χ2v) is 5.69. The van der Waals surface area contributed by atoms with Crippen LogP contribution in [-0.4, -0.2) is 23.9 Å². The summed E-state index contributed by atoms with van der Waals surface area (Å²) < 4.78 is 26.0. The second kappa shape index (κ2) is 5.51. The van der Waals surface area contributed by atoms with Gasteiger partial charge in [0, 0.05) is 30.8 Å². The van der Waals surface area contributed by atoms with Crippen LogP contribution in [0.25, 0.3) is 0 Å². The molecule has 18 heavy (non-hydrogen) atoms. The minimum Gasteiger partial charge on any atom is -0.352 e. The monoisotopic (exact) mass is 260 g/mol. The van der Waals surface area contributed by atoms with Gasteiger partial charge in [0.25, 0.3) is 0 Å². The average molecular weight is 260 g/mol. The fourth-order valence-corrected chi connectivity index (χ4v) is 2.94. The summed E-state index contributed by atoms with van der Waals surface area (Å²) in [5, 5.41) is 2.96. The smallest absolute Gasteiger partial charge is 0.248 e. The molecule has 0 heterocycles. The number of nitrogens with one attached hydrogen (secondary N) is 1. The minimum absolute atomic E-state index is 0.0210. The first-order valence-electron chi connectivity index (χ1n) is 6.92. The van der Waals surface area contributed by atoms with Crippen molar-refractivity contribution in [2.75, 3.05) is 0 Å². The summed E-state index contributed by atoms with van der Waals surface area (Å²) in [7, 11) is 0. The predicted molar refractivity (Wildman–Crippen MR) is 65.3 cm³/mol. The maximum absolute atomic E-state index is 13.0. The molecule has 3 nitrogen and oxygen atoms in total. The molecule has 2 aliphatic rings. The molecular formula is C13H22F2N2O. The van der Waals surface area contributed by atoms with Crippen LogP contribution in [0.15, 0.2) is 0 Å². The highest BCUT2D eigenvalue weighted by molar-refractivity contribution is 5.79. The molecule has 2 atom stereocenters. The normalized spacial score (nSPS) is 33.1. The zero-order valence-electron chi connectivity index (χ0n) is 10.6. The second-order valence-electron chi connectivity index (χ2n) is 5.69. The first-order chi connectivity index (χ1) is 8.48. The number of rotatable bonds is 2. The Labute approximate surface area is 106 Å². The van der Waals surface area contributed by atoms with E-state index in [9.17, 15) is 13.6 Å². The molecule has 2 aliphatic carbocycles. The molecule has 0 bridgehead atoms. The number of alkyl halides is 2.